The first-order valence-corrected chi connectivity index (χ1v) is 3.43. The van der Waals surface area contributed by atoms with E-state index < -0.39 is 22.5 Å². The Hall–Kier alpha value is 0.120. The summed E-state index contributed by atoms with van der Waals surface area (Å²) in [6, 6.07) is 0. The van der Waals surface area contributed by atoms with Crippen molar-refractivity contribution in [1.82, 2.24) is 0 Å². The van der Waals surface area contributed by atoms with E-state index in [-0.39, 0.29) is 0 Å². The molecule has 0 bridgehead atoms. The molecule has 0 saturated carbocycles. The van der Waals surface area contributed by atoms with E-state index >= 15 is 0 Å². The lowest BCUT2D eigenvalue weighted by Crippen LogP contribution is -2.40. The first kappa shape index (κ1) is 11.2. The van der Waals surface area contributed by atoms with E-state index in [1.54, 1.807) is 0 Å². The fourth-order valence-electron chi connectivity index (χ4n) is 0.649. The summed E-state index contributed by atoms with van der Waals surface area (Å²) < 4.78 is 74.2. The summed E-state index contributed by atoms with van der Waals surface area (Å²) >= 11 is 9.03. The summed E-state index contributed by atoms with van der Waals surface area (Å²) in [4.78, 5) is 0. The Morgan fingerprint density at radius 1 is 0.769 bits per heavy atom. The van der Waals surface area contributed by atoms with Crippen molar-refractivity contribution in [1.29, 1.82) is 0 Å². The number of epoxide rings is 1. The molecule has 0 aromatic rings. The zero-order valence-electron chi connectivity index (χ0n) is 5.43. The smallest absolute Gasteiger partial charge is 0.313 e. The molecule has 1 heterocycles. The zero-order chi connectivity index (χ0) is 10.7. The number of hydrogen-bond acceptors (Lipinski definition) is 1. The van der Waals surface area contributed by atoms with Crippen molar-refractivity contribution < 1.29 is 31.1 Å². The van der Waals surface area contributed by atoms with Crippen LogP contribution in [0.3, 0.4) is 0 Å². The topological polar surface area (TPSA) is 12.5 Å². The lowest BCUT2D eigenvalue weighted by molar-refractivity contribution is -0.176. The highest BCUT2D eigenvalue weighted by Gasteiger charge is 2.92. The molecule has 1 saturated heterocycles. The largest absolute Gasteiger partial charge is 0.436 e. The third-order valence-corrected chi connectivity index (χ3v) is 2.59. The van der Waals surface area contributed by atoms with Gasteiger partial charge in [-0.3, -0.25) is 0 Å². The van der Waals surface area contributed by atoms with Crippen LogP contribution >= 0.6 is 23.2 Å². The molecule has 0 N–H and O–H groups in total. The van der Waals surface area contributed by atoms with Crippen LogP contribution < -0.4 is 0 Å². The molecule has 1 aliphatic rings. The first-order chi connectivity index (χ1) is 5.46. The van der Waals surface area contributed by atoms with E-state index in [4.69, 9.17) is 0 Å². The van der Waals surface area contributed by atoms with Crippen LogP contribution in [0.5, 0.6) is 0 Å². The van der Waals surface area contributed by atoms with Crippen molar-refractivity contribution in [3.05, 3.63) is 0 Å². The minimum Gasteiger partial charge on any atom is -0.313 e. The highest BCUT2D eigenvalue weighted by molar-refractivity contribution is 6.37. The van der Waals surface area contributed by atoms with E-state index in [1.165, 1.54) is 0 Å². The normalized spacial score (nSPS) is 40.6. The molecule has 78 valence electrons. The molecule has 0 aromatic carbocycles. The molecule has 0 aromatic heterocycles. The second-order valence-corrected chi connectivity index (χ2v) is 3.35. The summed E-state index contributed by atoms with van der Waals surface area (Å²) in [5.74, 6) is 0. The molecule has 2 atom stereocenters. The van der Waals surface area contributed by atoms with Crippen molar-refractivity contribution >= 4 is 23.2 Å². The minimum atomic E-state index is -5.37. The van der Waals surface area contributed by atoms with Crippen molar-refractivity contribution in [2.45, 2.75) is 22.5 Å². The highest BCUT2D eigenvalue weighted by Crippen LogP contribution is 2.68. The third-order valence-electron chi connectivity index (χ3n) is 1.38. The predicted octanol–water partition coefficient (Wildman–Crippen LogP) is 3.01. The van der Waals surface area contributed by atoms with Crippen molar-refractivity contribution in [3.63, 3.8) is 0 Å². The lowest BCUT2D eigenvalue weighted by atomic mass is 10.3. The molecule has 0 spiro atoms. The van der Waals surface area contributed by atoms with Gasteiger partial charge in [-0.15, -0.1) is 0 Å². The summed E-state index contributed by atoms with van der Waals surface area (Å²) in [5.41, 5.74) is 0. The number of halogens is 8. The summed E-state index contributed by atoms with van der Waals surface area (Å²) in [7, 11) is 0. The first-order valence-electron chi connectivity index (χ1n) is 2.67. The van der Waals surface area contributed by atoms with Gasteiger partial charge in [-0.25, -0.2) is 0 Å². The Labute approximate surface area is 77.5 Å². The SMILES string of the molecule is FC(F)(F)[C@]1(Cl)O[C@]1(Cl)C(F)(F)F. The van der Waals surface area contributed by atoms with Crippen molar-refractivity contribution in [2.75, 3.05) is 0 Å². The number of rotatable bonds is 0. The molecule has 1 nitrogen and oxygen atoms in total. The number of alkyl halides is 8. The van der Waals surface area contributed by atoms with Crippen molar-refractivity contribution in [2.24, 2.45) is 0 Å². The molecular formula is C4Cl2F6O. The molecular weight excluding hydrogens is 249 g/mol. The maximum atomic E-state index is 11.8. The predicted molar refractivity (Wildman–Crippen MR) is 30.4 cm³/mol. The quantitative estimate of drug-likeness (QED) is 0.365. The summed E-state index contributed by atoms with van der Waals surface area (Å²) in [6.45, 7) is 0. The van der Waals surface area contributed by atoms with E-state index in [2.05, 4.69) is 27.9 Å². The van der Waals surface area contributed by atoms with Crippen LogP contribution in [0, 0.1) is 0 Å². The van der Waals surface area contributed by atoms with Gasteiger partial charge in [0.15, 0.2) is 0 Å². The molecule has 0 radical (unpaired) electrons. The third kappa shape index (κ3) is 1.28. The van der Waals surface area contributed by atoms with Gasteiger partial charge >= 0.3 is 12.4 Å². The summed E-state index contributed by atoms with van der Waals surface area (Å²) in [6.07, 6.45) is -10.7. The fraction of sp³-hybridized carbons (Fsp3) is 1.00. The van der Waals surface area contributed by atoms with Crippen molar-refractivity contribution in [3.8, 4) is 0 Å². The van der Waals surface area contributed by atoms with Gasteiger partial charge < -0.3 is 4.74 Å². The van der Waals surface area contributed by atoms with Crippen LogP contribution in [0.15, 0.2) is 0 Å². The molecule has 1 rings (SSSR count). The number of hydrogen-bond donors (Lipinski definition) is 0. The minimum absolute atomic E-state index is 3.30. The Balaban J connectivity index is 2.95. The zero-order valence-corrected chi connectivity index (χ0v) is 6.94. The van der Waals surface area contributed by atoms with Gasteiger partial charge in [-0.2, -0.15) is 26.3 Å². The second-order valence-electron chi connectivity index (χ2n) is 2.29. The van der Waals surface area contributed by atoms with Crippen LogP contribution in [-0.2, 0) is 4.74 Å². The molecule has 0 amide bonds. The number of ether oxygens (including phenoxy) is 1. The van der Waals surface area contributed by atoms with Crippen LogP contribution in [0.4, 0.5) is 26.3 Å². The molecule has 9 heteroatoms. The molecule has 0 aliphatic carbocycles. The molecule has 13 heavy (non-hydrogen) atoms. The molecule has 1 fully saturated rings. The van der Waals surface area contributed by atoms with Crippen LogP contribution in [0.2, 0.25) is 0 Å². The Kier molecular flexibility index (Phi) is 2.05. The van der Waals surface area contributed by atoms with Gasteiger partial charge in [0.25, 0.3) is 10.1 Å². The van der Waals surface area contributed by atoms with Crippen LogP contribution in [0.25, 0.3) is 0 Å². The second kappa shape index (κ2) is 2.38. The fourth-order valence-corrected chi connectivity index (χ4v) is 1.13. The van der Waals surface area contributed by atoms with Crippen LogP contribution in [0.1, 0.15) is 0 Å². The van der Waals surface area contributed by atoms with Gasteiger partial charge in [0, 0.05) is 0 Å². The lowest BCUT2D eigenvalue weighted by Gasteiger charge is -2.14. The van der Waals surface area contributed by atoms with Gasteiger partial charge in [0.1, 0.15) is 0 Å². The average molecular weight is 249 g/mol. The Morgan fingerprint density at radius 2 is 1.00 bits per heavy atom. The average Bonchev–Trinajstić information content (AvgIpc) is 2.34. The van der Waals surface area contributed by atoms with Gasteiger partial charge in [-0.05, 0) is 0 Å². The van der Waals surface area contributed by atoms with E-state index in [9.17, 15) is 26.3 Å². The van der Waals surface area contributed by atoms with Gasteiger partial charge in [0.2, 0.25) is 0 Å². The maximum absolute atomic E-state index is 11.8. The van der Waals surface area contributed by atoms with Gasteiger partial charge in [0.05, 0.1) is 0 Å². The van der Waals surface area contributed by atoms with E-state index in [0.717, 1.165) is 0 Å². The monoisotopic (exact) mass is 248 g/mol. The Morgan fingerprint density at radius 3 is 1.08 bits per heavy atom. The maximum Gasteiger partial charge on any atom is 0.436 e. The van der Waals surface area contributed by atoms with Gasteiger partial charge in [-0.1, -0.05) is 23.2 Å². The van der Waals surface area contributed by atoms with E-state index in [1.807, 2.05) is 0 Å². The highest BCUT2D eigenvalue weighted by atomic mass is 35.5. The standard InChI is InChI=1S/C4Cl2F6O/c5-1(3(7,8)9)2(6,13-1)4(10,11)12/t1-,2+. The molecule has 0 unspecified atom stereocenters. The molecule has 1 aliphatic heterocycles. The van der Waals surface area contributed by atoms with E-state index in [0.29, 0.717) is 0 Å². The van der Waals surface area contributed by atoms with Crippen LogP contribution in [-0.4, -0.2) is 22.5 Å². The Bertz CT molecular complexity index is 212. The summed E-state index contributed by atoms with van der Waals surface area (Å²) in [5, 5.41) is -7.72.